The third kappa shape index (κ3) is 4.84. The van der Waals surface area contributed by atoms with E-state index in [9.17, 15) is 5.11 Å². The Morgan fingerprint density at radius 1 is 1.04 bits per heavy atom. The number of hydrogen-bond donors (Lipinski definition) is 3. The van der Waals surface area contributed by atoms with Crippen molar-refractivity contribution in [2.24, 2.45) is 0 Å². The fourth-order valence-corrected chi connectivity index (χ4v) is 3.52. The number of anilines is 3. The Labute approximate surface area is 168 Å². The van der Waals surface area contributed by atoms with Crippen molar-refractivity contribution in [3.8, 4) is 11.3 Å². The normalized spacial score (nSPS) is 11.9. The lowest BCUT2D eigenvalue weighted by Crippen LogP contribution is -2.21. The smallest absolute Gasteiger partial charge is 0.225 e. The van der Waals surface area contributed by atoms with Crippen molar-refractivity contribution in [2.45, 2.75) is 26.8 Å². The molecule has 1 heterocycles. The van der Waals surface area contributed by atoms with Crippen molar-refractivity contribution in [1.82, 2.24) is 9.97 Å². The molecule has 1 aromatic heterocycles. The van der Waals surface area contributed by atoms with Crippen molar-refractivity contribution >= 4 is 33.4 Å². The Hall–Kier alpha value is -2.44. The summed E-state index contributed by atoms with van der Waals surface area (Å²) in [5, 5.41) is 15.9. The van der Waals surface area contributed by atoms with Crippen LogP contribution in [0.3, 0.4) is 0 Å². The summed E-state index contributed by atoms with van der Waals surface area (Å²) in [4.78, 5) is 9.20. The van der Waals surface area contributed by atoms with Gasteiger partial charge in [0.1, 0.15) is 5.82 Å². The van der Waals surface area contributed by atoms with Crippen LogP contribution in [0.1, 0.15) is 18.1 Å². The molecule has 0 spiro atoms. The maximum Gasteiger partial charge on any atom is 0.225 e. The number of aryl methyl sites for hydroxylation is 2. The third-order valence-corrected chi connectivity index (χ3v) is 4.65. The highest BCUT2D eigenvalue weighted by Gasteiger charge is 2.11. The minimum Gasteiger partial charge on any atom is -0.394 e. The predicted molar refractivity (Wildman–Crippen MR) is 115 cm³/mol. The first-order valence-electron chi connectivity index (χ1n) is 8.82. The molecule has 0 saturated heterocycles. The summed E-state index contributed by atoms with van der Waals surface area (Å²) < 4.78 is 1.05. The van der Waals surface area contributed by atoms with Gasteiger partial charge in [-0.2, -0.15) is 4.98 Å². The summed E-state index contributed by atoms with van der Waals surface area (Å²) in [6.07, 6.45) is 0. The van der Waals surface area contributed by atoms with Gasteiger partial charge in [0.2, 0.25) is 5.95 Å². The van der Waals surface area contributed by atoms with Crippen LogP contribution in [0.25, 0.3) is 11.3 Å². The highest BCUT2D eigenvalue weighted by atomic mass is 79.9. The Kier molecular flexibility index (Phi) is 6.08. The third-order valence-electron chi connectivity index (χ3n) is 4.20. The lowest BCUT2D eigenvalue weighted by Gasteiger charge is -2.16. The second kappa shape index (κ2) is 8.50. The predicted octanol–water partition coefficient (Wildman–Crippen LogP) is 5.06. The molecule has 0 saturated carbocycles. The zero-order chi connectivity index (χ0) is 19.4. The van der Waals surface area contributed by atoms with Gasteiger partial charge in [0.25, 0.3) is 0 Å². The van der Waals surface area contributed by atoms with E-state index in [1.807, 2.05) is 43.3 Å². The molecule has 0 fully saturated rings. The van der Waals surface area contributed by atoms with Crippen molar-refractivity contribution in [2.75, 3.05) is 17.2 Å². The number of benzene rings is 2. The van der Waals surface area contributed by atoms with E-state index in [1.165, 1.54) is 0 Å². The maximum atomic E-state index is 9.35. The van der Waals surface area contributed by atoms with Crippen LogP contribution in [0.5, 0.6) is 0 Å². The van der Waals surface area contributed by atoms with Crippen LogP contribution in [0.15, 0.2) is 53.0 Å². The molecule has 140 valence electrons. The van der Waals surface area contributed by atoms with Crippen molar-refractivity contribution < 1.29 is 5.11 Å². The number of rotatable bonds is 6. The van der Waals surface area contributed by atoms with Crippen LogP contribution >= 0.6 is 15.9 Å². The van der Waals surface area contributed by atoms with E-state index in [-0.39, 0.29) is 12.6 Å². The molecular weight excluding hydrogens is 404 g/mol. The Balaban J connectivity index is 2.02. The number of nitrogens with zero attached hydrogens (tertiary/aromatic N) is 2. The number of halogens is 1. The first-order valence-corrected chi connectivity index (χ1v) is 9.61. The average Bonchev–Trinajstić information content (AvgIpc) is 2.65. The van der Waals surface area contributed by atoms with Gasteiger partial charge in [-0.15, -0.1) is 0 Å². The van der Waals surface area contributed by atoms with Crippen LogP contribution < -0.4 is 10.6 Å². The molecule has 2 aromatic carbocycles. The molecule has 3 N–H and O–H groups in total. The molecule has 0 unspecified atom stereocenters. The summed E-state index contributed by atoms with van der Waals surface area (Å²) in [6, 6.07) is 15.9. The van der Waals surface area contributed by atoms with Crippen LogP contribution in [-0.4, -0.2) is 27.7 Å². The zero-order valence-electron chi connectivity index (χ0n) is 15.6. The van der Waals surface area contributed by atoms with E-state index in [4.69, 9.17) is 0 Å². The van der Waals surface area contributed by atoms with Gasteiger partial charge in [-0.3, -0.25) is 0 Å². The van der Waals surface area contributed by atoms with E-state index in [2.05, 4.69) is 62.5 Å². The number of nitrogens with one attached hydrogen (secondary N) is 2. The molecule has 27 heavy (non-hydrogen) atoms. The summed E-state index contributed by atoms with van der Waals surface area (Å²) in [5.41, 5.74) is 5.09. The van der Waals surface area contributed by atoms with E-state index in [0.717, 1.165) is 32.5 Å². The molecule has 0 bridgehead atoms. The van der Waals surface area contributed by atoms with E-state index >= 15 is 0 Å². The van der Waals surface area contributed by atoms with Crippen LogP contribution in [0, 0.1) is 13.8 Å². The lowest BCUT2D eigenvalue weighted by atomic mass is 10.1. The number of aliphatic hydroxyl groups is 1. The van der Waals surface area contributed by atoms with Crippen molar-refractivity contribution in [3.63, 3.8) is 0 Å². The van der Waals surface area contributed by atoms with Gasteiger partial charge in [0.15, 0.2) is 0 Å². The lowest BCUT2D eigenvalue weighted by molar-refractivity contribution is 0.281. The molecule has 0 radical (unpaired) electrons. The molecule has 0 aliphatic carbocycles. The first kappa shape index (κ1) is 19.3. The second-order valence-corrected chi connectivity index (χ2v) is 7.51. The zero-order valence-corrected chi connectivity index (χ0v) is 17.2. The first-order chi connectivity index (χ1) is 13.0. The van der Waals surface area contributed by atoms with Gasteiger partial charge >= 0.3 is 0 Å². The van der Waals surface area contributed by atoms with Crippen LogP contribution in [0.2, 0.25) is 0 Å². The molecule has 3 aromatic rings. The van der Waals surface area contributed by atoms with Gasteiger partial charge in [-0.25, -0.2) is 4.98 Å². The standard InChI is InChI=1S/C21H23BrN4O/c1-13-9-17(22)10-14(2)20(13)25-19-11-18(16-7-5-4-6-8-16)24-21(26-19)23-15(3)12-27/h4-11,15,27H,12H2,1-3H3,(H2,23,24,25,26)/t15-/m0/s1. The van der Waals surface area contributed by atoms with Gasteiger partial charge in [-0.1, -0.05) is 46.3 Å². The Morgan fingerprint density at radius 2 is 1.70 bits per heavy atom. The van der Waals surface area contributed by atoms with E-state index < -0.39 is 0 Å². The fraction of sp³-hybridized carbons (Fsp3) is 0.238. The fourth-order valence-electron chi connectivity index (χ4n) is 2.83. The largest absolute Gasteiger partial charge is 0.394 e. The minimum absolute atomic E-state index is 0.00656. The quantitative estimate of drug-likeness (QED) is 0.513. The molecule has 0 aliphatic rings. The number of aliphatic hydroxyl groups excluding tert-OH is 1. The van der Waals surface area contributed by atoms with E-state index in [1.54, 1.807) is 0 Å². The molecule has 3 rings (SSSR count). The average molecular weight is 427 g/mol. The molecule has 0 aliphatic heterocycles. The molecular formula is C21H23BrN4O. The molecule has 1 atom stereocenters. The van der Waals surface area contributed by atoms with Gasteiger partial charge in [-0.05, 0) is 44.0 Å². The number of aromatic nitrogens is 2. The monoisotopic (exact) mass is 426 g/mol. The van der Waals surface area contributed by atoms with Gasteiger partial charge in [0.05, 0.1) is 12.3 Å². The maximum absolute atomic E-state index is 9.35. The highest BCUT2D eigenvalue weighted by molar-refractivity contribution is 9.10. The topological polar surface area (TPSA) is 70.1 Å². The second-order valence-electron chi connectivity index (χ2n) is 6.60. The SMILES string of the molecule is Cc1cc(Br)cc(C)c1Nc1cc(-c2ccccc2)nc(N[C@@H](C)CO)n1. The summed E-state index contributed by atoms with van der Waals surface area (Å²) in [5.74, 6) is 1.18. The van der Waals surface area contributed by atoms with Crippen molar-refractivity contribution in [1.29, 1.82) is 0 Å². The summed E-state index contributed by atoms with van der Waals surface area (Å²) in [6.45, 7) is 6.01. The molecule has 5 nitrogen and oxygen atoms in total. The minimum atomic E-state index is -0.139. The number of hydrogen-bond acceptors (Lipinski definition) is 5. The van der Waals surface area contributed by atoms with Crippen molar-refractivity contribution in [3.05, 3.63) is 64.1 Å². The van der Waals surface area contributed by atoms with E-state index in [0.29, 0.717) is 11.8 Å². The summed E-state index contributed by atoms with van der Waals surface area (Å²) in [7, 11) is 0. The highest BCUT2D eigenvalue weighted by Crippen LogP contribution is 2.29. The Bertz CT molecular complexity index is 908. The van der Waals surface area contributed by atoms with Crippen LogP contribution in [-0.2, 0) is 0 Å². The summed E-state index contributed by atoms with van der Waals surface area (Å²) >= 11 is 3.53. The van der Waals surface area contributed by atoms with Gasteiger partial charge < -0.3 is 15.7 Å². The van der Waals surface area contributed by atoms with Gasteiger partial charge in [0, 0.05) is 27.8 Å². The molecule has 0 amide bonds. The molecule has 6 heteroatoms. The Morgan fingerprint density at radius 3 is 2.33 bits per heavy atom. The van der Waals surface area contributed by atoms with Crippen LogP contribution in [0.4, 0.5) is 17.5 Å².